The summed E-state index contributed by atoms with van der Waals surface area (Å²) in [6.45, 7) is 1.82. The van der Waals surface area contributed by atoms with Crippen molar-refractivity contribution in [1.82, 2.24) is 15.5 Å². The van der Waals surface area contributed by atoms with Crippen LogP contribution in [0, 0.1) is 5.92 Å². The summed E-state index contributed by atoms with van der Waals surface area (Å²) in [4.78, 5) is 38.8. The minimum absolute atomic E-state index is 0.0506. The van der Waals surface area contributed by atoms with E-state index in [9.17, 15) is 14.4 Å². The maximum Gasteiger partial charge on any atom is 0.407 e. The monoisotopic (exact) mass is 429 g/mol. The lowest BCUT2D eigenvalue weighted by Crippen LogP contribution is -2.48. The molecule has 2 fully saturated rings. The van der Waals surface area contributed by atoms with Gasteiger partial charge in [0.25, 0.3) is 0 Å². The van der Waals surface area contributed by atoms with Crippen LogP contribution in [0.5, 0.6) is 0 Å². The van der Waals surface area contributed by atoms with Crippen molar-refractivity contribution in [3.8, 4) is 0 Å². The number of nitrogens with one attached hydrogen (secondary N) is 2. The molecule has 7 nitrogen and oxygen atoms in total. The highest BCUT2D eigenvalue weighted by Crippen LogP contribution is 2.21. The Kier molecular flexibility index (Phi) is 9.18. The summed E-state index contributed by atoms with van der Waals surface area (Å²) in [5.41, 5.74) is 0.931. The van der Waals surface area contributed by atoms with Gasteiger partial charge in [-0.25, -0.2) is 4.79 Å². The molecular weight excluding hydrogens is 394 g/mol. The van der Waals surface area contributed by atoms with Gasteiger partial charge in [-0.3, -0.25) is 9.59 Å². The molecule has 1 unspecified atom stereocenters. The van der Waals surface area contributed by atoms with Crippen LogP contribution in [0.15, 0.2) is 30.3 Å². The predicted molar refractivity (Wildman–Crippen MR) is 118 cm³/mol. The van der Waals surface area contributed by atoms with Crippen LogP contribution in [0.3, 0.4) is 0 Å². The van der Waals surface area contributed by atoms with Crippen LogP contribution in [0.2, 0.25) is 0 Å². The molecule has 1 atom stereocenters. The molecule has 1 heterocycles. The number of hydrogen-bond acceptors (Lipinski definition) is 4. The van der Waals surface area contributed by atoms with Gasteiger partial charge in [0, 0.05) is 32.1 Å². The normalized spacial score (nSPS) is 19.5. The Bertz CT molecular complexity index is 719. The summed E-state index contributed by atoms with van der Waals surface area (Å²) in [6, 6.07) is 9.80. The molecule has 31 heavy (non-hydrogen) atoms. The first kappa shape index (κ1) is 23.1. The van der Waals surface area contributed by atoms with Crippen molar-refractivity contribution in [1.29, 1.82) is 0 Å². The maximum atomic E-state index is 12.6. The van der Waals surface area contributed by atoms with Crippen LogP contribution in [-0.2, 0) is 20.9 Å². The number of carbonyl (C=O) groups is 3. The summed E-state index contributed by atoms with van der Waals surface area (Å²) in [5.74, 6) is 0.0487. The highest BCUT2D eigenvalue weighted by molar-refractivity contribution is 5.81. The molecule has 2 aliphatic rings. The van der Waals surface area contributed by atoms with Crippen molar-refractivity contribution in [2.24, 2.45) is 5.92 Å². The average Bonchev–Trinajstić information content (AvgIpc) is 2.81. The van der Waals surface area contributed by atoms with Crippen LogP contribution < -0.4 is 10.6 Å². The third-order valence-electron chi connectivity index (χ3n) is 6.15. The number of piperidine rings is 1. The first-order chi connectivity index (χ1) is 15.1. The third kappa shape index (κ3) is 7.89. The minimum atomic E-state index is -0.478. The van der Waals surface area contributed by atoms with Gasteiger partial charge in [0.05, 0.1) is 5.92 Å². The number of rotatable bonds is 8. The number of amides is 3. The van der Waals surface area contributed by atoms with Crippen molar-refractivity contribution in [2.75, 3.05) is 19.6 Å². The van der Waals surface area contributed by atoms with Crippen LogP contribution >= 0.6 is 0 Å². The molecule has 0 aromatic heterocycles. The Morgan fingerprint density at radius 3 is 2.55 bits per heavy atom. The molecule has 0 radical (unpaired) electrons. The van der Waals surface area contributed by atoms with Gasteiger partial charge in [-0.1, -0.05) is 49.6 Å². The summed E-state index contributed by atoms with van der Waals surface area (Å²) in [6.07, 6.45) is 7.91. The van der Waals surface area contributed by atoms with E-state index in [0.717, 1.165) is 31.2 Å². The fraction of sp³-hybridized carbons (Fsp3) is 0.625. The molecule has 1 aromatic carbocycles. The first-order valence-electron chi connectivity index (χ1n) is 11.6. The van der Waals surface area contributed by atoms with Crippen molar-refractivity contribution in [3.63, 3.8) is 0 Å². The zero-order chi connectivity index (χ0) is 21.9. The second-order valence-corrected chi connectivity index (χ2v) is 8.61. The van der Waals surface area contributed by atoms with Gasteiger partial charge in [-0.05, 0) is 37.7 Å². The first-order valence-corrected chi connectivity index (χ1v) is 11.6. The standard InChI is InChI=1S/C24H35N3O4/c28-22(14-7-15-25-24(30)31-18-19-9-3-1-4-10-19)27-16-8-11-20(17-27)23(29)26-21-12-5-2-6-13-21/h1,3-4,9-10,20-21H,2,5-8,11-18H2,(H,25,30)(H,26,29). The van der Waals surface area contributed by atoms with E-state index in [-0.39, 0.29) is 24.3 Å². The largest absolute Gasteiger partial charge is 0.445 e. The Labute approximate surface area is 184 Å². The topological polar surface area (TPSA) is 87.7 Å². The lowest BCUT2D eigenvalue weighted by molar-refractivity contribution is -0.136. The SMILES string of the molecule is O=C(NCCCC(=O)N1CCCC(C(=O)NC2CCCCC2)C1)OCc1ccccc1. The van der Waals surface area contributed by atoms with Crippen molar-refractivity contribution < 1.29 is 19.1 Å². The molecule has 1 aliphatic heterocycles. The summed E-state index contributed by atoms with van der Waals surface area (Å²) in [7, 11) is 0. The van der Waals surface area contributed by atoms with E-state index >= 15 is 0 Å². The van der Waals surface area contributed by atoms with E-state index in [0.29, 0.717) is 38.5 Å². The lowest BCUT2D eigenvalue weighted by atomic mass is 9.93. The molecule has 2 N–H and O–H groups in total. The van der Waals surface area contributed by atoms with Crippen molar-refractivity contribution in [2.45, 2.75) is 70.4 Å². The molecule has 170 valence electrons. The van der Waals surface area contributed by atoms with Gasteiger partial charge < -0.3 is 20.3 Å². The molecular formula is C24H35N3O4. The van der Waals surface area contributed by atoms with E-state index < -0.39 is 6.09 Å². The van der Waals surface area contributed by atoms with E-state index in [1.54, 1.807) is 0 Å². The summed E-state index contributed by atoms with van der Waals surface area (Å²) in [5, 5.41) is 5.89. The zero-order valence-electron chi connectivity index (χ0n) is 18.3. The second kappa shape index (κ2) is 12.3. The number of carbonyl (C=O) groups excluding carboxylic acids is 3. The van der Waals surface area contributed by atoms with Crippen molar-refractivity contribution >= 4 is 17.9 Å². The Hall–Kier alpha value is -2.57. The molecule has 7 heteroatoms. The van der Waals surface area contributed by atoms with Crippen LogP contribution in [0.1, 0.15) is 63.4 Å². The number of nitrogens with zero attached hydrogens (tertiary/aromatic N) is 1. The van der Waals surface area contributed by atoms with Crippen LogP contribution in [0.4, 0.5) is 4.79 Å². The number of alkyl carbamates (subject to hydrolysis) is 1. The van der Waals surface area contributed by atoms with E-state index in [1.807, 2.05) is 35.2 Å². The van der Waals surface area contributed by atoms with Gasteiger partial charge >= 0.3 is 6.09 Å². The van der Waals surface area contributed by atoms with E-state index in [4.69, 9.17) is 4.74 Å². The van der Waals surface area contributed by atoms with Crippen LogP contribution in [0.25, 0.3) is 0 Å². The lowest BCUT2D eigenvalue weighted by Gasteiger charge is -2.33. The molecule has 0 spiro atoms. The van der Waals surface area contributed by atoms with Gasteiger partial charge in [-0.15, -0.1) is 0 Å². The molecule has 3 rings (SSSR count). The number of likely N-dealkylation sites (tertiary alicyclic amines) is 1. The molecule has 1 aromatic rings. The number of benzene rings is 1. The zero-order valence-corrected chi connectivity index (χ0v) is 18.3. The summed E-state index contributed by atoms with van der Waals surface area (Å²) < 4.78 is 5.16. The maximum absolute atomic E-state index is 12.6. The molecule has 1 aliphatic carbocycles. The summed E-state index contributed by atoms with van der Waals surface area (Å²) >= 11 is 0. The van der Waals surface area contributed by atoms with Gasteiger partial charge in [-0.2, -0.15) is 0 Å². The average molecular weight is 430 g/mol. The highest BCUT2D eigenvalue weighted by Gasteiger charge is 2.29. The Morgan fingerprint density at radius 2 is 1.77 bits per heavy atom. The molecule has 1 saturated heterocycles. The van der Waals surface area contributed by atoms with E-state index in [1.165, 1.54) is 19.3 Å². The number of ether oxygens (including phenoxy) is 1. The molecule has 0 bridgehead atoms. The minimum Gasteiger partial charge on any atom is -0.445 e. The Balaban J connectivity index is 1.30. The van der Waals surface area contributed by atoms with Gasteiger partial charge in [0.15, 0.2) is 0 Å². The van der Waals surface area contributed by atoms with Gasteiger partial charge in [0.1, 0.15) is 6.61 Å². The highest BCUT2D eigenvalue weighted by atomic mass is 16.5. The fourth-order valence-corrected chi connectivity index (χ4v) is 4.35. The smallest absolute Gasteiger partial charge is 0.407 e. The van der Waals surface area contributed by atoms with Crippen molar-refractivity contribution in [3.05, 3.63) is 35.9 Å². The van der Waals surface area contributed by atoms with E-state index in [2.05, 4.69) is 10.6 Å². The Morgan fingerprint density at radius 1 is 1.00 bits per heavy atom. The fourth-order valence-electron chi connectivity index (χ4n) is 4.35. The molecule has 1 saturated carbocycles. The third-order valence-corrected chi connectivity index (χ3v) is 6.15. The van der Waals surface area contributed by atoms with Crippen LogP contribution in [-0.4, -0.2) is 48.5 Å². The van der Waals surface area contributed by atoms with Gasteiger partial charge in [0.2, 0.25) is 11.8 Å². The molecule has 3 amide bonds. The second-order valence-electron chi connectivity index (χ2n) is 8.61. The number of hydrogen-bond donors (Lipinski definition) is 2. The predicted octanol–water partition coefficient (Wildman–Crippen LogP) is 3.38. The quantitative estimate of drug-likeness (QED) is 0.620.